The molecule has 2 aliphatic heterocycles. The largest absolute Gasteiger partial charge is 0.458 e. The topological polar surface area (TPSA) is 106 Å². The molecule has 1 saturated heterocycles. The monoisotopic (exact) mass is 475 g/mol. The number of anilines is 3. The van der Waals surface area contributed by atoms with E-state index in [4.69, 9.17) is 14.5 Å². The highest BCUT2D eigenvalue weighted by Crippen LogP contribution is 2.33. The number of rotatable bonds is 5. The van der Waals surface area contributed by atoms with Crippen molar-refractivity contribution in [2.45, 2.75) is 32.8 Å². The van der Waals surface area contributed by atoms with E-state index < -0.39 is 0 Å². The molecular formula is C25H29N7O3. The number of hydrogen-bond acceptors (Lipinski definition) is 8. The predicted molar refractivity (Wildman–Crippen MR) is 133 cm³/mol. The van der Waals surface area contributed by atoms with Crippen LogP contribution < -0.4 is 19.9 Å². The minimum Gasteiger partial charge on any atom is -0.458 e. The van der Waals surface area contributed by atoms with Crippen molar-refractivity contribution in [1.82, 2.24) is 19.9 Å². The highest BCUT2D eigenvalue weighted by molar-refractivity contribution is 6.03. The number of nitrogens with zero attached hydrogens (tertiary/aromatic N) is 6. The number of aryl methyl sites for hydroxylation is 1. The molecule has 3 aromatic heterocycles. The predicted octanol–water partition coefficient (Wildman–Crippen LogP) is 3.68. The highest BCUT2D eigenvalue weighted by Gasteiger charge is 2.27. The number of carbonyl (C=O) groups excluding carboxylic acids is 1. The van der Waals surface area contributed by atoms with Crippen molar-refractivity contribution in [2.75, 3.05) is 48.0 Å². The molecule has 0 bridgehead atoms. The molecule has 5 heterocycles. The molecule has 35 heavy (non-hydrogen) atoms. The van der Waals surface area contributed by atoms with E-state index in [0.717, 1.165) is 48.6 Å². The first-order valence-electron chi connectivity index (χ1n) is 12.0. The fraction of sp³-hybridized carbons (Fsp3) is 0.400. The van der Waals surface area contributed by atoms with Crippen LogP contribution in [0.25, 0.3) is 11.3 Å². The van der Waals surface area contributed by atoms with Crippen LogP contribution in [0.15, 0.2) is 42.7 Å². The first-order valence-corrected chi connectivity index (χ1v) is 12.0. The molecule has 0 aliphatic carbocycles. The standard InChI is InChI=1S/C25H29N7O3/c1-3-31-12-4-13-32(23-21(31)8-7-20(28-23)18-6-5-17(2)27-15-18)25(33)30-22-9-11-26-24(29-22)35-19-10-14-34-16-19/h5-9,11,15,19H,3-4,10,12-14,16H2,1-2H3,(H,26,29,30,33)/t19-/m0/s1. The summed E-state index contributed by atoms with van der Waals surface area (Å²) in [5.74, 6) is 0.990. The molecular weight excluding hydrogens is 446 g/mol. The van der Waals surface area contributed by atoms with Gasteiger partial charge < -0.3 is 14.4 Å². The van der Waals surface area contributed by atoms with E-state index in [1.165, 1.54) is 0 Å². The van der Waals surface area contributed by atoms with Gasteiger partial charge in [0, 0.05) is 49.7 Å². The second-order valence-corrected chi connectivity index (χ2v) is 8.57. The normalized spacial score (nSPS) is 17.6. The van der Waals surface area contributed by atoms with Gasteiger partial charge in [0.1, 0.15) is 11.9 Å². The Hall–Kier alpha value is -3.79. The van der Waals surface area contributed by atoms with Gasteiger partial charge in [0.25, 0.3) is 0 Å². The first-order chi connectivity index (χ1) is 17.1. The second-order valence-electron chi connectivity index (χ2n) is 8.57. The molecule has 1 fully saturated rings. The summed E-state index contributed by atoms with van der Waals surface area (Å²) in [5, 5.41) is 2.90. The molecule has 3 aromatic rings. The van der Waals surface area contributed by atoms with E-state index in [1.54, 1.807) is 23.4 Å². The van der Waals surface area contributed by atoms with Crippen LogP contribution in [-0.4, -0.2) is 64.9 Å². The fourth-order valence-electron chi connectivity index (χ4n) is 4.24. The van der Waals surface area contributed by atoms with E-state index >= 15 is 0 Å². The lowest BCUT2D eigenvalue weighted by Crippen LogP contribution is -2.36. The van der Waals surface area contributed by atoms with Gasteiger partial charge in [0.15, 0.2) is 5.82 Å². The van der Waals surface area contributed by atoms with Crippen LogP contribution >= 0.6 is 0 Å². The third-order valence-corrected chi connectivity index (χ3v) is 6.12. The van der Waals surface area contributed by atoms with Gasteiger partial charge in [0.05, 0.1) is 24.6 Å². The Morgan fingerprint density at radius 3 is 2.86 bits per heavy atom. The molecule has 5 rings (SSSR count). The number of urea groups is 1. The summed E-state index contributed by atoms with van der Waals surface area (Å²) >= 11 is 0. The summed E-state index contributed by atoms with van der Waals surface area (Å²) in [6.07, 6.45) is 4.92. The van der Waals surface area contributed by atoms with Crippen LogP contribution in [0, 0.1) is 6.92 Å². The number of hydrogen-bond donors (Lipinski definition) is 1. The van der Waals surface area contributed by atoms with Crippen LogP contribution in [0.1, 0.15) is 25.5 Å². The zero-order chi connectivity index (χ0) is 24.2. The number of fused-ring (bicyclic) bond motifs is 1. The van der Waals surface area contributed by atoms with Gasteiger partial charge in [-0.2, -0.15) is 4.98 Å². The van der Waals surface area contributed by atoms with Gasteiger partial charge >= 0.3 is 12.0 Å². The molecule has 2 amide bonds. The van der Waals surface area contributed by atoms with Crippen molar-refractivity contribution in [3.63, 3.8) is 0 Å². The minimum absolute atomic E-state index is 0.0719. The van der Waals surface area contributed by atoms with Crippen molar-refractivity contribution >= 4 is 23.4 Å². The molecule has 1 atom stereocenters. The quantitative estimate of drug-likeness (QED) is 0.596. The summed E-state index contributed by atoms with van der Waals surface area (Å²) < 4.78 is 11.1. The minimum atomic E-state index is -0.301. The summed E-state index contributed by atoms with van der Waals surface area (Å²) in [7, 11) is 0. The number of pyridine rings is 2. The van der Waals surface area contributed by atoms with Gasteiger partial charge in [0.2, 0.25) is 0 Å². The lowest BCUT2D eigenvalue weighted by Gasteiger charge is -2.25. The van der Waals surface area contributed by atoms with Crippen molar-refractivity contribution in [3.05, 3.63) is 48.4 Å². The van der Waals surface area contributed by atoms with Crippen molar-refractivity contribution in [3.8, 4) is 17.3 Å². The third-order valence-electron chi connectivity index (χ3n) is 6.12. The lowest BCUT2D eigenvalue weighted by molar-refractivity contribution is 0.134. The molecule has 10 heteroatoms. The van der Waals surface area contributed by atoms with Crippen molar-refractivity contribution in [1.29, 1.82) is 0 Å². The summed E-state index contributed by atoms with van der Waals surface area (Å²) in [6, 6.07) is 9.53. The SMILES string of the molecule is CCN1CCCN(C(=O)Nc2ccnc(O[C@H]3CCOC3)n2)c2nc(-c3ccc(C)nc3)ccc21. The van der Waals surface area contributed by atoms with Crippen molar-refractivity contribution < 1.29 is 14.3 Å². The third kappa shape index (κ3) is 5.17. The van der Waals surface area contributed by atoms with Crippen LogP contribution in [0.5, 0.6) is 6.01 Å². The maximum Gasteiger partial charge on any atom is 0.328 e. The second kappa shape index (κ2) is 10.2. The van der Waals surface area contributed by atoms with Gasteiger partial charge in [-0.3, -0.25) is 15.2 Å². The molecule has 10 nitrogen and oxygen atoms in total. The molecule has 182 valence electrons. The van der Waals surface area contributed by atoms with E-state index in [9.17, 15) is 4.79 Å². The van der Waals surface area contributed by atoms with E-state index in [2.05, 4.69) is 32.1 Å². The van der Waals surface area contributed by atoms with E-state index in [0.29, 0.717) is 31.4 Å². The van der Waals surface area contributed by atoms with Gasteiger partial charge in [-0.1, -0.05) is 0 Å². The Morgan fingerprint density at radius 1 is 1.17 bits per heavy atom. The van der Waals surface area contributed by atoms with Gasteiger partial charge in [-0.15, -0.1) is 0 Å². The zero-order valence-corrected chi connectivity index (χ0v) is 20.0. The number of nitrogens with one attached hydrogen (secondary N) is 1. The lowest BCUT2D eigenvalue weighted by atomic mass is 10.1. The molecule has 1 N–H and O–H groups in total. The van der Waals surface area contributed by atoms with Gasteiger partial charge in [-0.05, 0) is 50.6 Å². The van der Waals surface area contributed by atoms with Crippen LogP contribution in [0.4, 0.5) is 22.1 Å². The molecule has 0 saturated carbocycles. The maximum atomic E-state index is 13.4. The summed E-state index contributed by atoms with van der Waals surface area (Å²) in [5.41, 5.74) is 3.54. The number of amides is 2. The smallest absolute Gasteiger partial charge is 0.328 e. The van der Waals surface area contributed by atoms with E-state index in [-0.39, 0.29) is 18.1 Å². The first kappa shape index (κ1) is 23.0. The Bertz CT molecular complexity index is 1180. The number of ether oxygens (including phenoxy) is 2. The number of carbonyl (C=O) groups is 1. The molecule has 0 unspecified atom stereocenters. The maximum absolute atomic E-state index is 13.4. The molecule has 0 aromatic carbocycles. The Balaban J connectivity index is 1.41. The Labute approximate surface area is 204 Å². The molecule has 0 spiro atoms. The highest BCUT2D eigenvalue weighted by atomic mass is 16.6. The average Bonchev–Trinajstić information content (AvgIpc) is 3.30. The molecule has 2 aliphatic rings. The van der Waals surface area contributed by atoms with Crippen LogP contribution in [-0.2, 0) is 4.74 Å². The summed E-state index contributed by atoms with van der Waals surface area (Å²) in [4.78, 5) is 35.2. The average molecular weight is 476 g/mol. The van der Waals surface area contributed by atoms with E-state index in [1.807, 2.05) is 31.2 Å². The fourth-order valence-corrected chi connectivity index (χ4v) is 4.24. The number of aromatic nitrogens is 4. The Morgan fingerprint density at radius 2 is 2.09 bits per heavy atom. The Kier molecular flexibility index (Phi) is 6.71. The van der Waals surface area contributed by atoms with Crippen LogP contribution in [0.2, 0.25) is 0 Å². The molecule has 0 radical (unpaired) electrons. The van der Waals surface area contributed by atoms with Crippen molar-refractivity contribution in [2.24, 2.45) is 0 Å². The summed E-state index contributed by atoms with van der Waals surface area (Å²) in [6.45, 7) is 7.44. The van der Waals surface area contributed by atoms with Crippen LogP contribution in [0.3, 0.4) is 0 Å². The zero-order valence-electron chi connectivity index (χ0n) is 20.0. The van der Waals surface area contributed by atoms with Gasteiger partial charge in [-0.25, -0.2) is 14.8 Å².